The maximum absolute atomic E-state index is 7.63. The van der Waals surface area contributed by atoms with E-state index in [0.717, 1.165) is 10.8 Å². The molecule has 2 aromatic rings. The summed E-state index contributed by atoms with van der Waals surface area (Å²) in [6.45, 7) is 0. The van der Waals surface area contributed by atoms with Gasteiger partial charge in [0.2, 0.25) is 0 Å². The van der Waals surface area contributed by atoms with Crippen LogP contribution in [-0.4, -0.2) is 7.11 Å². The van der Waals surface area contributed by atoms with Crippen LogP contribution in [0.15, 0.2) is 36.4 Å². The minimum atomic E-state index is 0.432. The van der Waals surface area contributed by atoms with Gasteiger partial charge in [0.25, 0.3) is 0 Å². The Bertz CT molecular complexity index is 437. The quantitative estimate of drug-likeness (QED) is 0.651. The molecule has 2 heteroatoms. The fourth-order valence-corrected chi connectivity index (χ4v) is 1.39. The van der Waals surface area contributed by atoms with Gasteiger partial charge < -0.3 is 4.74 Å². The highest BCUT2D eigenvalue weighted by Gasteiger charge is 2.01. The van der Waals surface area contributed by atoms with E-state index in [1.165, 1.54) is 0 Å². The van der Waals surface area contributed by atoms with E-state index in [0.29, 0.717) is 11.4 Å². The smallest absolute Gasteiger partial charge is 0.144 e. The summed E-state index contributed by atoms with van der Waals surface area (Å²) in [6, 6.07) is 11.6. The van der Waals surface area contributed by atoms with Gasteiger partial charge in [-0.15, -0.1) is 0 Å². The molecular formula is C11H10NO. The largest absolute Gasteiger partial charge is 0.494 e. The van der Waals surface area contributed by atoms with Crippen molar-refractivity contribution >= 4 is 16.5 Å². The average Bonchev–Trinajstić information content (AvgIpc) is 2.17. The van der Waals surface area contributed by atoms with Gasteiger partial charge in [-0.05, 0) is 22.9 Å². The van der Waals surface area contributed by atoms with Crippen molar-refractivity contribution in [2.45, 2.75) is 0 Å². The molecule has 0 heterocycles. The number of nitrogens with one attached hydrogen (secondary N) is 1. The molecule has 13 heavy (non-hydrogen) atoms. The van der Waals surface area contributed by atoms with Crippen molar-refractivity contribution in [3.63, 3.8) is 0 Å². The zero-order valence-corrected chi connectivity index (χ0v) is 7.37. The number of methoxy groups -OCH3 is 1. The van der Waals surface area contributed by atoms with E-state index in [1.807, 2.05) is 36.4 Å². The van der Waals surface area contributed by atoms with Crippen molar-refractivity contribution in [1.82, 2.24) is 5.73 Å². The molecule has 2 aromatic carbocycles. The highest BCUT2D eigenvalue weighted by molar-refractivity contribution is 5.87. The summed E-state index contributed by atoms with van der Waals surface area (Å²) < 4.78 is 5.07. The first-order valence-corrected chi connectivity index (χ1v) is 4.09. The first-order valence-electron chi connectivity index (χ1n) is 4.09. The van der Waals surface area contributed by atoms with Crippen LogP contribution >= 0.6 is 0 Å². The molecule has 0 aromatic heterocycles. The van der Waals surface area contributed by atoms with Gasteiger partial charge in [-0.1, -0.05) is 24.3 Å². The summed E-state index contributed by atoms with van der Waals surface area (Å²) in [4.78, 5) is 0. The normalized spacial score (nSPS) is 10.2. The number of benzene rings is 2. The lowest BCUT2D eigenvalue weighted by Gasteiger charge is -2.04. The Morgan fingerprint density at radius 1 is 1.08 bits per heavy atom. The van der Waals surface area contributed by atoms with E-state index in [9.17, 15) is 0 Å². The molecule has 0 fully saturated rings. The second-order valence-electron chi connectivity index (χ2n) is 2.90. The van der Waals surface area contributed by atoms with Gasteiger partial charge in [-0.25, -0.2) is 0 Å². The molecule has 0 aliphatic heterocycles. The third-order valence-corrected chi connectivity index (χ3v) is 2.07. The molecule has 0 unspecified atom stereocenters. The van der Waals surface area contributed by atoms with E-state index < -0.39 is 0 Å². The summed E-state index contributed by atoms with van der Waals surface area (Å²) >= 11 is 0. The van der Waals surface area contributed by atoms with Gasteiger partial charge >= 0.3 is 0 Å². The van der Waals surface area contributed by atoms with Gasteiger partial charge in [0, 0.05) is 0 Å². The van der Waals surface area contributed by atoms with Crippen LogP contribution in [0.3, 0.4) is 0 Å². The van der Waals surface area contributed by atoms with Crippen LogP contribution in [0, 0.1) is 0 Å². The highest BCUT2D eigenvalue weighted by atomic mass is 16.5. The van der Waals surface area contributed by atoms with E-state index in [4.69, 9.17) is 10.5 Å². The van der Waals surface area contributed by atoms with Gasteiger partial charge in [0.1, 0.15) is 5.75 Å². The number of ether oxygens (including phenoxy) is 1. The van der Waals surface area contributed by atoms with Crippen LogP contribution in [0.4, 0.5) is 5.69 Å². The van der Waals surface area contributed by atoms with Crippen LogP contribution in [-0.2, 0) is 0 Å². The van der Waals surface area contributed by atoms with Crippen LogP contribution in [0.1, 0.15) is 0 Å². The van der Waals surface area contributed by atoms with Crippen molar-refractivity contribution in [2.75, 3.05) is 7.11 Å². The SMILES string of the molecule is COc1cc2ccccc2cc1[NH]. The molecule has 0 saturated carbocycles. The van der Waals surface area contributed by atoms with Crippen molar-refractivity contribution in [3.8, 4) is 5.75 Å². The van der Waals surface area contributed by atoms with Gasteiger partial charge in [0.05, 0.1) is 12.8 Å². The standard InChI is InChI=1S/C11H10NO/c1-13-11-7-9-5-3-2-4-8(9)6-10(11)12/h2-7,12H,1H3. The average molecular weight is 172 g/mol. The summed E-state index contributed by atoms with van der Waals surface area (Å²) in [5.74, 6) is 0.624. The molecule has 0 bridgehead atoms. The molecule has 2 nitrogen and oxygen atoms in total. The van der Waals surface area contributed by atoms with Crippen molar-refractivity contribution in [1.29, 1.82) is 0 Å². The number of rotatable bonds is 1. The second-order valence-corrected chi connectivity index (χ2v) is 2.90. The van der Waals surface area contributed by atoms with E-state index in [2.05, 4.69) is 0 Å². The van der Waals surface area contributed by atoms with Gasteiger partial charge in [-0.2, -0.15) is 0 Å². The first kappa shape index (κ1) is 7.92. The third kappa shape index (κ3) is 1.31. The van der Waals surface area contributed by atoms with E-state index in [-0.39, 0.29) is 0 Å². The predicted octanol–water partition coefficient (Wildman–Crippen LogP) is 2.76. The minimum absolute atomic E-state index is 0.432. The summed E-state index contributed by atoms with van der Waals surface area (Å²) in [6.07, 6.45) is 0. The van der Waals surface area contributed by atoms with E-state index >= 15 is 0 Å². The molecule has 0 amide bonds. The molecule has 0 spiro atoms. The van der Waals surface area contributed by atoms with Crippen molar-refractivity contribution in [3.05, 3.63) is 36.4 Å². The van der Waals surface area contributed by atoms with Crippen molar-refractivity contribution in [2.24, 2.45) is 0 Å². The summed E-state index contributed by atoms with van der Waals surface area (Å²) in [5.41, 5.74) is 8.06. The molecule has 65 valence electrons. The van der Waals surface area contributed by atoms with Crippen LogP contribution in [0.2, 0.25) is 0 Å². The predicted molar refractivity (Wildman–Crippen MR) is 53.3 cm³/mol. The van der Waals surface area contributed by atoms with Gasteiger partial charge in [0.15, 0.2) is 0 Å². The molecular weight excluding hydrogens is 162 g/mol. The monoisotopic (exact) mass is 172 g/mol. The highest BCUT2D eigenvalue weighted by Crippen LogP contribution is 2.28. The number of hydrogen-bond donors (Lipinski definition) is 0. The summed E-state index contributed by atoms with van der Waals surface area (Å²) in [5, 5.41) is 2.18. The fourth-order valence-electron chi connectivity index (χ4n) is 1.39. The van der Waals surface area contributed by atoms with E-state index in [1.54, 1.807) is 7.11 Å². The first-order chi connectivity index (χ1) is 6.31. The van der Waals surface area contributed by atoms with Crippen LogP contribution < -0.4 is 10.5 Å². The minimum Gasteiger partial charge on any atom is -0.494 e. The Hall–Kier alpha value is -1.70. The zero-order valence-electron chi connectivity index (χ0n) is 7.37. The second kappa shape index (κ2) is 2.98. The summed E-state index contributed by atoms with van der Waals surface area (Å²) in [7, 11) is 1.59. The topological polar surface area (TPSA) is 33.0 Å². The molecule has 1 N–H and O–H groups in total. The Kier molecular flexibility index (Phi) is 1.81. The lowest BCUT2D eigenvalue weighted by molar-refractivity contribution is 0.416. The number of fused-ring (bicyclic) bond motifs is 1. The molecule has 0 atom stereocenters. The van der Waals surface area contributed by atoms with Crippen LogP contribution in [0.25, 0.3) is 10.8 Å². The maximum Gasteiger partial charge on any atom is 0.144 e. The zero-order chi connectivity index (χ0) is 9.26. The molecule has 0 aliphatic carbocycles. The molecule has 0 aliphatic rings. The molecule has 1 radical (unpaired) electrons. The van der Waals surface area contributed by atoms with Gasteiger partial charge in [-0.3, -0.25) is 5.73 Å². The molecule has 0 saturated heterocycles. The fraction of sp³-hybridized carbons (Fsp3) is 0.0909. The van der Waals surface area contributed by atoms with Crippen molar-refractivity contribution < 1.29 is 4.74 Å². The Balaban J connectivity index is 2.74. The Morgan fingerprint density at radius 2 is 1.69 bits per heavy atom. The third-order valence-electron chi connectivity index (χ3n) is 2.07. The molecule has 2 rings (SSSR count). The lowest BCUT2D eigenvalue weighted by atomic mass is 10.1. The number of hydrogen-bond acceptors (Lipinski definition) is 1. The Morgan fingerprint density at radius 3 is 2.31 bits per heavy atom. The lowest BCUT2D eigenvalue weighted by Crippen LogP contribution is -1.85. The Labute approximate surface area is 76.9 Å². The maximum atomic E-state index is 7.63. The van der Waals surface area contributed by atoms with Crippen LogP contribution in [0.5, 0.6) is 5.75 Å².